The number of anilines is 2. The van der Waals surface area contributed by atoms with Crippen LogP contribution in [0.4, 0.5) is 11.5 Å². The van der Waals surface area contributed by atoms with Crippen LogP contribution in [0, 0.1) is 5.92 Å². The number of hydrogen-bond acceptors (Lipinski definition) is 7. The molecule has 2 fully saturated rings. The van der Waals surface area contributed by atoms with Crippen molar-refractivity contribution in [3.8, 4) is 0 Å². The number of furan rings is 1. The molecule has 1 saturated heterocycles. The minimum absolute atomic E-state index is 0.113. The summed E-state index contributed by atoms with van der Waals surface area (Å²) >= 11 is 5.90. The Morgan fingerprint density at radius 2 is 1.76 bits per heavy atom. The predicted molar refractivity (Wildman–Crippen MR) is 144 cm³/mol. The minimum atomic E-state index is -0.605. The Labute approximate surface area is 225 Å². The Kier molecular flexibility index (Phi) is 7.62. The van der Waals surface area contributed by atoms with Crippen LogP contribution in [-0.4, -0.2) is 70.7 Å². The molecular formula is C27H31ClN6O4. The van der Waals surface area contributed by atoms with Gasteiger partial charge in [-0.2, -0.15) is 0 Å². The number of nitrogens with zero attached hydrogens (tertiary/aromatic N) is 4. The second kappa shape index (κ2) is 11.1. The van der Waals surface area contributed by atoms with Gasteiger partial charge in [-0.3, -0.25) is 14.4 Å². The maximum absolute atomic E-state index is 13.4. The zero-order chi connectivity index (χ0) is 26.8. The zero-order valence-electron chi connectivity index (χ0n) is 21.5. The van der Waals surface area contributed by atoms with E-state index in [9.17, 15) is 14.4 Å². The number of aromatic nitrogens is 2. The third-order valence-electron chi connectivity index (χ3n) is 7.33. The third kappa shape index (κ3) is 5.51. The first-order valence-electron chi connectivity index (χ1n) is 12.9. The summed E-state index contributed by atoms with van der Waals surface area (Å²) < 4.78 is 5.88. The maximum Gasteiger partial charge on any atom is 0.294 e. The highest BCUT2D eigenvalue weighted by Crippen LogP contribution is 2.34. The summed E-state index contributed by atoms with van der Waals surface area (Å²) in [5.41, 5.74) is 1.01. The molecule has 2 N–H and O–H groups in total. The van der Waals surface area contributed by atoms with E-state index >= 15 is 0 Å². The van der Waals surface area contributed by atoms with Gasteiger partial charge in [-0.25, -0.2) is 9.97 Å². The lowest BCUT2D eigenvalue weighted by atomic mass is 9.85. The van der Waals surface area contributed by atoms with E-state index in [0.717, 1.165) is 38.8 Å². The summed E-state index contributed by atoms with van der Waals surface area (Å²) in [6.45, 7) is 2.29. The molecule has 3 aromatic rings. The van der Waals surface area contributed by atoms with Crippen molar-refractivity contribution in [1.82, 2.24) is 19.8 Å². The van der Waals surface area contributed by atoms with Crippen LogP contribution >= 0.6 is 11.6 Å². The molecule has 3 aromatic heterocycles. The number of hydrogen-bond donors (Lipinski definition) is 2. The average Bonchev–Trinajstić information content (AvgIpc) is 3.58. The smallest absolute Gasteiger partial charge is 0.294 e. The van der Waals surface area contributed by atoms with Gasteiger partial charge in [-0.1, -0.05) is 11.6 Å². The van der Waals surface area contributed by atoms with E-state index in [1.165, 1.54) is 36.2 Å². The quantitative estimate of drug-likeness (QED) is 0.476. The maximum atomic E-state index is 13.4. The van der Waals surface area contributed by atoms with Gasteiger partial charge in [0.25, 0.3) is 11.8 Å². The molecule has 0 unspecified atom stereocenters. The van der Waals surface area contributed by atoms with Crippen molar-refractivity contribution in [2.24, 2.45) is 5.92 Å². The molecule has 0 spiro atoms. The fourth-order valence-corrected chi connectivity index (χ4v) is 5.40. The monoisotopic (exact) mass is 538 g/mol. The Hall–Kier alpha value is -3.50. The molecule has 1 aliphatic heterocycles. The topological polar surface area (TPSA) is 121 Å². The summed E-state index contributed by atoms with van der Waals surface area (Å²) in [4.78, 5) is 51.5. The van der Waals surface area contributed by atoms with Crippen LogP contribution < -0.4 is 10.6 Å². The van der Waals surface area contributed by atoms with Gasteiger partial charge in [0.1, 0.15) is 17.0 Å². The van der Waals surface area contributed by atoms with Crippen molar-refractivity contribution in [1.29, 1.82) is 0 Å². The molecule has 1 aliphatic carbocycles. The Bertz CT molecular complexity index is 1340. The van der Waals surface area contributed by atoms with Crippen molar-refractivity contribution < 1.29 is 18.8 Å². The Morgan fingerprint density at radius 1 is 1.03 bits per heavy atom. The van der Waals surface area contributed by atoms with Crippen molar-refractivity contribution in [2.75, 3.05) is 37.8 Å². The molecule has 200 valence electrons. The molecule has 3 amide bonds. The van der Waals surface area contributed by atoms with Gasteiger partial charge < -0.3 is 24.9 Å². The number of rotatable bonds is 6. The van der Waals surface area contributed by atoms with Gasteiger partial charge in [-0.05, 0) is 69.8 Å². The fourth-order valence-electron chi connectivity index (χ4n) is 5.29. The first kappa shape index (κ1) is 26.1. The second-order valence-electron chi connectivity index (χ2n) is 10.1. The van der Waals surface area contributed by atoms with Crippen molar-refractivity contribution in [3.63, 3.8) is 0 Å². The first-order valence-corrected chi connectivity index (χ1v) is 13.3. The van der Waals surface area contributed by atoms with E-state index in [0.29, 0.717) is 22.1 Å². The lowest BCUT2D eigenvalue weighted by Crippen LogP contribution is -2.38. The van der Waals surface area contributed by atoms with E-state index in [4.69, 9.17) is 16.0 Å². The van der Waals surface area contributed by atoms with Crippen LogP contribution in [0.15, 0.2) is 35.0 Å². The molecule has 0 radical (unpaired) electrons. The van der Waals surface area contributed by atoms with E-state index in [2.05, 4.69) is 25.5 Å². The number of pyridine rings is 2. The van der Waals surface area contributed by atoms with Crippen LogP contribution in [0.5, 0.6) is 0 Å². The van der Waals surface area contributed by atoms with E-state index in [1.54, 1.807) is 26.2 Å². The molecule has 4 heterocycles. The van der Waals surface area contributed by atoms with Crippen LogP contribution in [0.25, 0.3) is 11.1 Å². The third-order valence-corrected chi connectivity index (χ3v) is 7.55. The molecular weight excluding hydrogens is 508 g/mol. The van der Waals surface area contributed by atoms with Gasteiger partial charge in [0, 0.05) is 38.4 Å². The van der Waals surface area contributed by atoms with Crippen LogP contribution in [-0.2, 0) is 4.79 Å². The molecule has 5 rings (SSSR count). The van der Waals surface area contributed by atoms with Gasteiger partial charge in [-0.15, -0.1) is 0 Å². The predicted octanol–water partition coefficient (Wildman–Crippen LogP) is 4.42. The molecule has 1 saturated carbocycles. The normalized spacial score (nSPS) is 19.9. The van der Waals surface area contributed by atoms with E-state index < -0.39 is 5.91 Å². The fraction of sp³-hybridized carbons (Fsp3) is 0.444. The largest absolute Gasteiger partial charge is 0.447 e. The number of likely N-dealkylation sites (tertiary alicyclic amines) is 1. The first-order chi connectivity index (χ1) is 18.3. The van der Waals surface area contributed by atoms with Crippen molar-refractivity contribution >= 4 is 51.9 Å². The summed E-state index contributed by atoms with van der Waals surface area (Å²) in [5.74, 6) is -1.03. The van der Waals surface area contributed by atoms with Crippen LogP contribution in [0.1, 0.15) is 59.4 Å². The van der Waals surface area contributed by atoms with Gasteiger partial charge >= 0.3 is 0 Å². The molecule has 2 aliphatic rings. The zero-order valence-corrected chi connectivity index (χ0v) is 22.3. The minimum Gasteiger partial charge on any atom is -0.447 e. The average molecular weight is 539 g/mol. The van der Waals surface area contributed by atoms with Crippen molar-refractivity contribution in [3.05, 3.63) is 46.9 Å². The van der Waals surface area contributed by atoms with E-state index in [-0.39, 0.29) is 40.6 Å². The number of nitrogens with one attached hydrogen (secondary N) is 2. The SMILES string of the molecule is CN(C)C(=O)c1cnc2c(NC(=O)[C@H]3CC[C@H](N4CCCC4)CC3)c(C(=O)Nc3ccc(Cl)cn3)oc2c1. The van der Waals surface area contributed by atoms with Crippen LogP contribution in [0.3, 0.4) is 0 Å². The highest BCUT2D eigenvalue weighted by molar-refractivity contribution is 6.30. The number of amides is 3. The summed E-state index contributed by atoms with van der Waals surface area (Å²) in [6.07, 6.45) is 8.86. The molecule has 11 heteroatoms. The lowest BCUT2D eigenvalue weighted by molar-refractivity contribution is -0.121. The second-order valence-corrected chi connectivity index (χ2v) is 10.6. The highest BCUT2D eigenvalue weighted by Gasteiger charge is 2.32. The summed E-state index contributed by atoms with van der Waals surface area (Å²) in [7, 11) is 3.27. The summed E-state index contributed by atoms with van der Waals surface area (Å²) in [5, 5.41) is 6.03. The van der Waals surface area contributed by atoms with Gasteiger partial charge in [0.2, 0.25) is 11.7 Å². The highest BCUT2D eigenvalue weighted by atomic mass is 35.5. The number of carbonyl (C=O) groups is 3. The van der Waals surface area contributed by atoms with Gasteiger partial charge in [0.15, 0.2) is 5.58 Å². The standard InChI is InChI=1S/C27H31ClN6O4/c1-33(2)27(37)17-13-20-22(30-14-17)23(24(38-20)26(36)31-21-10-7-18(28)15-29-21)32-25(35)16-5-8-19(9-6-16)34-11-3-4-12-34/h7,10,13-16,19H,3-6,8-9,11-12H2,1-2H3,(H,32,35)(H,29,31,36)/t16-,19-. The number of fused-ring (bicyclic) bond motifs is 1. The van der Waals surface area contributed by atoms with E-state index in [1.807, 2.05) is 0 Å². The van der Waals surface area contributed by atoms with Crippen molar-refractivity contribution in [2.45, 2.75) is 44.6 Å². The molecule has 0 aromatic carbocycles. The van der Waals surface area contributed by atoms with Crippen LogP contribution in [0.2, 0.25) is 5.02 Å². The lowest BCUT2D eigenvalue weighted by Gasteiger charge is -2.33. The molecule has 0 bridgehead atoms. The number of halogens is 1. The molecule has 10 nitrogen and oxygen atoms in total. The molecule has 0 atom stereocenters. The summed E-state index contributed by atoms with van der Waals surface area (Å²) in [6, 6.07) is 5.23. The van der Waals surface area contributed by atoms with Gasteiger partial charge in [0.05, 0.1) is 10.6 Å². The number of carbonyl (C=O) groups excluding carboxylic acids is 3. The Balaban J connectivity index is 1.40. The molecule has 38 heavy (non-hydrogen) atoms. The Morgan fingerprint density at radius 3 is 2.42 bits per heavy atom.